The first-order valence-corrected chi connectivity index (χ1v) is 38.2. The quantitative estimate of drug-likeness (QED) is 0.0146. The van der Waals surface area contributed by atoms with Crippen LogP contribution in [-0.4, -0.2) is 95.9 Å². The molecule has 0 radical (unpaired) electrons. The zero-order valence-corrected chi connectivity index (χ0v) is 58.5. The molecule has 0 amide bonds. The standard InChI is InChI=1S/C73H126O16P2/c1-4-7-10-13-16-19-22-25-28-30-31-32-33-34-35-37-40-41-44-47-50-53-56-59-71(76)83-62-68(74)63-85-90(79,80)86-64-69(75)65-87-91(81,82)88-67-70(89-73(78)61-58-55-52-49-46-43-38-27-24-21-18-15-12-9-6-3)66-84-72(77)60-57-54-51-48-45-42-39-36-29-26-23-20-17-14-11-8-5-2/h7-8,10-11,16-17,19-20,25-26,28-29,31-32,34-35,39,42,68-70,74-75H,4-6,9,12-15,18,21-24,27,30,33,36-38,40-41,43-67H2,1-3H3,(H,79,80)(H,81,82)/b10-7-,11-8-,19-16-,20-17-,28-25-,29-26-,32-31-,35-34-,42-39-. The zero-order chi connectivity index (χ0) is 66.7. The number of carbonyl (C=O) groups excluding carboxylic acids is 3. The van der Waals surface area contributed by atoms with Crippen LogP contribution >= 0.6 is 15.6 Å². The van der Waals surface area contributed by atoms with Crippen molar-refractivity contribution in [1.29, 1.82) is 0 Å². The highest BCUT2D eigenvalue weighted by Gasteiger charge is 2.29. The van der Waals surface area contributed by atoms with Gasteiger partial charge in [0.15, 0.2) is 6.10 Å². The van der Waals surface area contributed by atoms with Gasteiger partial charge in [0.1, 0.15) is 25.4 Å². The van der Waals surface area contributed by atoms with Gasteiger partial charge < -0.3 is 34.2 Å². The summed E-state index contributed by atoms with van der Waals surface area (Å²) in [5, 5.41) is 20.6. The fourth-order valence-electron chi connectivity index (χ4n) is 9.18. The summed E-state index contributed by atoms with van der Waals surface area (Å²) in [6.45, 7) is 2.42. The molecule has 0 aliphatic carbocycles. The lowest BCUT2D eigenvalue weighted by Crippen LogP contribution is -2.30. The van der Waals surface area contributed by atoms with Crippen molar-refractivity contribution in [2.75, 3.05) is 39.6 Å². The molecule has 0 saturated carbocycles. The number of aliphatic hydroxyl groups is 2. The molecule has 18 heteroatoms. The molecule has 0 aromatic heterocycles. The highest BCUT2D eigenvalue weighted by molar-refractivity contribution is 7.47. The maximum atomic E-state index is 12.9. The first-order valence-electron chi connectivity index (χ1n) is 35.2. The van der Waals surface area contributed by atoms with Crippen LogP contribution in [0.5, 0.6) is 0 Å². The number of rotatable bonds is 66. The Kier molecular flexibility index (Phi) is 63.5. The average molecular weight is 1320 g/mol. The summed E-state index contributed by atoms with van der Waals surface area (Å²) in [5.41, 5.74) is 0. The number of unbranched alkanes of at least 4 members (excludes halogenated alkanes) is 25. The molecule has 0 aromatic rings. The van der Waals surface area contributed by atoms with E-state index in [9.17, 15) is 43.5 Å². The SMILES string of the molecule is CC/C=C\C/C=C\C/C=C\C/C=C\C/C=C\CCCCCCCCCC(=O)OCC(O)COP(=O)(O)OCC(O)COP(=O)(O)OCC(COC(=O)CCCCCC/C=C\C/C=C\C/C=C\C/C=C\CC)OC(=O)CCCCCCCCCCCCCCCCC. The molecule has 0 aliphatic rings. The highest BCUT2D eigenvalue weighted by Crippen LogP contribution is 2.45. The maximum absolute atomic E-state index is 12.9. The van der Waals surface area contributed by atoms with E-state index in [4.69, 9.17) is 32.3 Å². The predicted octanol–water partition coefficient (Wildman–Crippen LogP) is 19.6. The van der Waals surface area contributed by atoms with Gasteiger partial charge in [-0.2, -0.15) is 0 Å². The van der Waals surface area contributed by atoms with Crippen molar-refractivity contribution in [2.45, 2.75) is 296 Å². The molecule has 0 spiro atoms. The third-order valence-corrected chi connectivity index (χ3v) is 16.4. The Balaban J connectivity index is 4.64. The number of hydrogen-bond donors (Lipinski definition) is 4. The summed E-state index contributed by atoms with van der Waals surface area (Å²) in [5.74, 6) is -1.61. The van der Waals surface area contributed by atoms with Gasteiger partial charge in [0.25, 0.3) is 0 Å². The molecule has 0 heterocycles. The number of phosphoric acid groups is 2. The molecule has 0 fully saturated rings. The summed E-state index contributed by atoms with van der Waals surface area (Å²) < 4.78 is 60.9. The van der Waals surface area contributed by atoms with Gasteiger partial charge in [-0.3, -0.25) is 32.5 Å². The van der Waals surface area contributed by atoms with Crippen molar-refractivity contribution in [3.8, 4) is 0 Å². The lowest BCUT2D eigenvalue weighted by atomic mass is 10.0. The van der Waals surface area contributed by atoms with Gasteiger partial charge in [0.05, 0.1) is 26.4 Å². The predicted molar refractivity (Wildman–Crippen MR) is 371 cm³/mol. The van der Waals surface area contributed by atoms with Crippen LogP contribution in [0.4, 0.5) is 0 Å². The minimum absolute atomic E-state index is 0.101. The molecule has 16 nitrogen and oxygen atoms in total. The van der Waals surface area contributed by atoms with Crippen LogP contribution in [0.15, 0.2) is 109 Å². The molecule has 0 bridgehead atoms. The van der Waals surface area contributed by atoms with E-state index in [2.05, 4.69) is 130 Å². The fraction of sp³-hybridized carbons (Fsp3) is 0.712. The largest absolute Gasteiger partial charge is 0.472 e. The monoisotopic (exact) mass is 1320 g/mol. The second-order valence-electron chi connectivity index (χ2n) is 23.3. The van der Waals surface area contributed by atoms with Gasteiger partial charge >= 0.3 is 33.6 Å². The van der Waals surface area contributed by atoms with E-state index < -0.39 is 91.5 Å². The Morgan fingerprint density at radius 2 is 0.582 bits per heavy atom. The van der Waals surface area contributed by atoms with Gasteiger partial charge in [-0.1, -0.05) is 265 Å². The fourth-order valence-corrected chi connectivity index (χ4v) is 10.8. The Hall–Kier alpha value is -3.79. The van der Waals surface area contributed by atoms with Gasteiger partial charge in [-0.15, -0.1) is 0 Å². The summed E-state index contributed by atoms with van der Waals surface area (Å²) in [4.78, 5) is 58.4. The van der Waals surface area contributed by atoms with E-state index >= 15 is 0 Å². The number of carbonyl (C=O) groups is 3. The Morgan fingerprint density at radius 1 is 0.319 bits per heavy atom. The first-order chi connectivity index (χ1) is 44.2. The van der Waals surface area contributed by atoms with E-state index in [1.807, 2.05) is 0 Å². The van der Waals surface area contributed by atoms with Crippen molar-refractivity contribution in [1.82, 2.24) is 0 Å². The number of allylic oxidation sites excluding steroid dienone is 18. The van der Waals surface area contributed by atoms with E-state index in [0.29, 0.717) is 19.3 Å². The molecule has 5 atom stereocenters. The lowest BCUT2D eigenvalue weighted by molar-refractivity contribution is -0.161. The van der Waals surface area contributed by atoms with Crippen molar-refractivity contribution in [2.24, 2.45) is 0 Å². The molecule has 4 N–H and O–H groups in total. The average Bonchev–Trinajstić information content (AvgIpc) is 3.63. The third kappa shape index (κ3) is 67.4. The summed E-state index contributed by atoms with van der Waals surface area (Å²) in [6, 6.07) is 0. The smallest absolute Gasteiger partial charge is 0.463 e. The highest BCUT2D eigenvalue weighted by atomic mass is 31.2. The van der Waals surface area contributed by atoms with Crippen LogP contribution in [0.3, 0.4) is 0 Å². The molecular weight excluding hydrogens is 1190 g/mol. The van der Waals surface area contributed by atoms with Crippen molar-refractivity contribution in [3.05, 3.63) is 109 Å². The lowest BCUT2D eigenvalue weighted by Gasteiger charge is -2.21. The molecule has 91 heavy (non-hydrogen) atoms. The normalized spacial score (nSPS) is 14.8. The second-order valence-corrected chi connectivity index (χ2v) is 26.2. The summed E-state index contributed by atoms with van der Waals surface area (Å²) >= 11 is 0. The van der Waals surface area contributed by atoms with Crippen LogP contribution in [-0.2, 0) is 55.8 Å². The van der Waals surface area contributed by atoms with Crippen LogP contribution < -0.4 is 0 Å². The molecule has 5 unspecified atom stereocenters. The number of aliphatic hydroxyl groups excluding tert-OH is 2. The van der Waals surface area contributed by atoms with Gasteiger partial charge in [-0.05, 0) is 103 Å². The van der Waals surface area contributed by atoms with Gasteiger partial charge in [0.2, 0.25) is 0 Å². The van der Waals surface area contributed by atoms with E-state index in [1.54, 1.807) is 0 Å². The molecule has 0 rings (SSSR count). The number of ether oxygens (including phenoxy) is 3. The molecule has 524 valence electrons. The van der Waals surface area contributed by atoms with Gasteiger partial charge in [0, 0.05) is 19.3 Å². The third-order valence-electron chi connectivity index (χ3n) is 14.5. The minimum atomic E-state index is -4.93. The van der Waals surface area contributed by atoms with E-state index in [1.165, 1.54) is 64.2 Å². The van der Waals surface area contributed by atoms with Crippen molar-refractivity contribution < 1.29 is 75.8 Å². The van der Waals surface area contributed by atoms with Crippen molar-refractivity contribution in [3.63, 3.8) is 0 Å². The Labute approximate surface area is 551 Å². The second kappa shape index (κ2) is 66.2. The van der Waals surface area contributed by atoms with Crippen molar-refractivity contribution >= 4 is 33.6 Å². The van der Waals surface area contributed by atoms with E-state index in [0.717, 1.165) is 154 Å². The number of esters is 3. The zero-order valence-electron chi connectivity index (χ0n) is 56.7. The summed E-state index contributed by atoms with van der Waals surface area (Å²) in [7, 11) is -9.79. The Bertz CT molecular complexity index is 2100. The maximum Gasteiger partial charge on any atom is 0.472 e. The molecule has 0 saturated heterocycles. The molecule has 0 aliphatic heterocycles. The van der Waals surface area contributed by atoms with Crippen LogP contribution in [0.1, 0.15) is 278 Å². The molecular formula is C73H126O16P2. The topological polar surface area (TPSA) is 231 Å². The number of phosphoric ester groups is 2. The van der Waals surface area contributed by atoms with Crippen LogP contribution in [0.25, 0.3) is 0 Å². The minimum Gasteiger partial charge on any atom is -0.463 e. The Morgan fingerprint density at radius 3 is 0.923 bits per heavy atom. The van der Waals surface area contributed by atoms with E-state index in [-0.39, 0.29) is 19.3 Å². The number of hydrogen-bond acceptors (Lipinski definition) is 14. The van der Waals surface area contributed by atoms with Crippen LogP contribution in [0.2, 0.25) is 0 Å². The molecule has 0 aromatic carbocycles. The van der Waals surface area contributed by atoms with Crippen LogP contribution in [0, 0.1) is 0 Å². The first kappa shape index (κ1) is 87.2. The summed E-state index contributed by atoms with van der Waals surface area (Å²) in [6.07, 6.45) is 74.2. The van der Waals surface area contributed by atoms with Gasteiger partial charge in [-0.25, -0.2) is 9.13 Å².